The maximum absolute atomic E-state index is 13.0. The average molecular weight is 405 g/mol. The van der Waals surface area contributed by atoms with Gasteiger partial charge in [0.2, 0.25) is 0 Å². The van der Waals surface area contributed by atoms with Gasteiger partial charge in [0.05, 0.1) is 27.9 Å². The lowest BCUT2D eigenvalue weighted by Gasteiger charge is -2.14. The van der Waals surface area contributed by atoms with Crippen molar-refractivity contribution < 1.29 is 9.59 Å². The van der Waals surface area contributed by atoms with Crippen molar-refractivity contribution in [1.82, 2.24) is 20.1 Å². The van der Waals surface area contributed by atoms with Crippen molar-refractivity contribution in [2.45, 2.75) is 6.92 Å². The van der Waals surface area contributed by atoms with Crippen LogP contribution >= 0.6 is 11.6 Å². The molecule has 2 heterocycles. The number of pyridine rings is 1. The van der Waals surface area contributed by atoms with Crippen LogP contribution in [-0.4, -0.2) is 41.5 Å². The highest BCUT2D eigenvalue weighted by Gasteiger charge is 2.21. The molecule has 0 aliphatic carbocycles. The molecule has 3 rings (SSSR count). The Morgan fingerprint density at radius 1 is 1.28 bits per heavy atom. The topological polar surface area (TPSA) is 113 Å². The molecule has 2 amide bonds. The van der Waals surface area contributed by atoms with E-state index in [2.05, 4.69) is 20.7 Å². The molecule has 29 heavy (non-hydrogen) atoms. The number of hydrogen-bond donors (Lipinski definition) is 2. The number of rotatable bonds is 4. The van der Waals surface area contributed by atoms with Gasteiger partial charge in [0, 0.05) is 18.8 Å². The number of anilines is 1. The zero-order valence-corrected chi connectivity index (χ0v) is 16.3. The summed E-state index contributed by atoms with van der Waals surface area (Å²) in [5.41, 5.74) is 1.45. The summed E-state index contributed by atoms with van der Waals surface area (Å²) in [4.78, 5) is 29.4. The van der Waals surface area contributed by atoms with Crippen LogP contribution in [0.5, 0.6) is 0 Å². The molecule has 0 atom stereocenters. The number of carbonyl (C=O) groups excluding carboxylic acids is 2. The summed E-state index contributed by atoms with van der Waals surface area (Å²) in [6.45, 7) is 1.68. The fraction of sp³-hybridized carbons (Fsp3) is 0.105. The normalized spacial score (nSPS) is 10.3. The lowest BCUT2D eigenvalue weighted by Crippen LogP contribution is -2.24. The summed E-state index contributed by atoms with van der Waals surface area (Å²) < 4.78 is 1.23. The van der Waals surface area contributed by atoms with Crippen LogP contribution in [0.1, 0.15) is 32.0 Å². The molecular formula is C19H14BClN6O2. The van der Waals surface area contributed by atoms with E-state index in [1.54, 1.807) is 25.1 Å². The molecule has 1 aromatic carbocycles. The molecule has 2 aromatic heterocycles. The number of amides is 2. The predicted molar refractivity (Wildman–Crippen MR) is 109 cm³/mol. The molecule has 0 spiro atoms. The number of halogens is 1. The number of nitriles is 1. The van der Waals surface area contributed by atoms with Crippen LogP contribution in [0.25, 0.3) is 5.82 Å². The van der Waals surface area contributed by atoms with Crippen LogP contribution in [0.15, 0.2) is 36.5 Å². The van der Waals surface area contributed by atoms with E-state index in [1.165, 1.54) is 30.1 Å². The zero-order valence-electron chi connectivity index (χ0n) is 15.5. The molecule has 0 fully saturated rings. The molecule has 142 valence electrons. The van der Waals surface area contributed by atoms with Crippen LogP contribution in [0, 0.1) is 18.3 Å². The number of nitrogens with zero attached hydrogens (tertiary/aromatic N) is 4. The molecule has 0 bridgehead atoms. The Morgan fingerprint density at radius 3 is 2.69 bits per heavy atom. The molecule has 0 aliphatic heterocycles. The molecule has 0 saturated carbocycles. The Hall–Kier alpha value is -3.64. The van der Waals surface area contributed by atoms with Gasteiger partial charge in [-0.25, -0.2) is 9.67 Å². The summed E-state index contributed by atoms with van der Waals surface area (Å²) in [7, 11) is 7.24. The van der Waals surface area contributed by atoms with Gasteiger partial charge >= 0.3 is 0 Å². The van der Waals surface area contributed by atoms with Crippen LogP contribution in [-0.2, 0) is 0 Å². The molecule has 2 N–H and O–H groups in total. The van der Waals surface area contributed by atoms with E-state index in [9.17, 15) is 9.59 Å². The first-order chi connectivity index (χ1) is 13.8. The van der Waals surface area contributed by atoms with E-state index in [4.69, 9.17) is 24.7 Å². The Labute approximate surface area is 172 Å². The number of benzene rings is 1. The molecule has 0 aliphatic rings. The van der Waals surface area contributed by atoms with E-state index >= 15 is 0 Å². The fourth-order valence-corrected chi connectivity index (χ4v) is 2.97. The van der Waals surface area contributed by atoms with Crippen LogP contribution in [0.4, 0.5) is 5.69 Å². The first kappa shape index (κ1) is 20.1. The van der Waals surface area contributed by atoms with E-state index in [1.807, 2.05) is 6.07 Å². The van der Waals surface area contributed by atoms with Gasteiger partial charge in [-0.05, 0) is 42.8 Å². The highest BCUT2D eigenvalue weighted by atomic mass is 35.5. The van der Waals surface area contributed by atoms with E-state index in [0.29, 0.717) is 11.1 Å². The average Bonchev–Trinajstić information content (AvgIpc) is 3.10. The standard InChI is InChI=1S/C19H14BClN6O2/c1-10-6-11(9-22)7-12(18(28)23-2)16(10)25-19(29)14-8-15(20)26-27(14)17-13(21)4-3-5-24-17/h3-8H,1-2H3,(H,23,28)(H,25,29). The smallest absolute Gasteiger partial charge is 0.274 e. The minimum atomic E-state index is -0.575. The second kappa shape index (κ2) is 8.16. The zero-order chi connectivity index (χ0) is 21.1. The third-order valence-corrected chi connectivity index (χ3v) is 4.37. The molecule has 0 saturated heterocycles. The van der Waals surface area contributed by atoms with Gasteiger partial charge in [0.1, 0.15) is 13.5 Å². The third-order valence-electron chi connectivity index (χ3n) is 4.08. The van der Waals surface area contributed by atoms with Crippen molar-refractivity contribution in [3.8, 4) is 11.9 Å². The molecule has 2 radical (unpaired) electrons. The Kier molecular flexibility index (Phi) is 5.66. The van der Waals surface area contributed by atoms with Gasteiger partial charge in [-0.3, -0.25) is 9.59 Å². The molecular weight excluding hydrogens is 391 g/mol. The lowest BCUT2D eigenvalue weighted by molar-refractivity contribution is 0.0964. The van der Waals surface area contributed by atoms with Crippen LogP contribution < -0.4 is 16.2 Å². The van der Waals surface area contributed by atoms with E-state index < -0.39 is 11.8 Å². The van der Waals surface area contributed by atoms with Crippen LogP contribution in [0.2, 0.25) is 5.02 Å². The third kappa shape index (κ3) is 3.98. The summed E-state index contributed by atoms with van der Waals surface area (Å²) in [5.74, 6) is -0.783. The van der Waals surface area contributed by atoms with Crippen molar-refractivity contribution in [1.29, 1.82) is 5.26 Å². The van der Waals surface area contributed by atoms with Crippen molar-refractivity contribution in [2.24, 2.45) is 0 Å². The van der Waals surface area contributed by atoms with Crippen molar-refractivity contribution in [3.63, 3.8) is 0 Å². The Balaban J connectivity index is 2.06. The SMILES string of the molecule is [B]c1cc(C(=O)Nc2c(C)cc(C#N)cc2C(=O)NC)n(-c2ncccc2Cl)n1. The fourth-order valence-electron chi connectivity index (χ4n) is 2.76. The number of aryl methyl sites for hydroxylation is 1. The highest BCUT2D eigenvalue weighted by Crippen LogP contribution is 2.24. The Bertz CT molecular complexity index is 1170. The molecule has 3 aromatic rings. The van der Waals surface area contributed by atoms with Gasteiger partial charge in [0.15, 0.2) is 5.82 Å². The van der Waals surface area contributed by atoms with Gasteiger partial charge in [-0.15, -0.1) is 0 Å². The number of nitrogens with one attached hydrogen (secondary N) is 2. The summed E-state index contributed by atoms with van der Waals surface area (Å²) >= 11 is 6.17. The number of hydrogen-bond acceptors (Lipinski definition) is 5. The molecule has 8 nitrogen and oxygen atoms in total. The monoisotopic (exact) mass is 404 g/mol. The first-order valence-corrected chi connectivity index (χ1v) is 8.78. The van der Waals surface area contributed by atoms with Gasteiger partial charge in [-0.2, -0.15) is 10.4 Å². The predicted octanol–water partition coefficient (Wildman–Crippen LogP) is 1.51. The first-order valence-electron chi connectivity index (χ1n) is 8.40. The lowest BCUT2D eigenvalue weighted by atomic mass is 10.0. The molecule has 0 unspecified atom stereocenters. The maximum Gasteiger partial charge on any atom is 0.274 e. The van der Waals surface area contributed by atoms with Crippen molar-refractivity contribution in [2.75, 3.05) is 12.4 Å². The van der Waals surface area contributed by atoms with Crippen molar-refractivity contribution in [3.05, 3.63) is 63.9 Å². The summed E-state index contributed by atoms with van der Waals surface area (Å²) in [5, 5.41) is 18.7. The second-order valence-corrected chi connectivity index (χ2v) is 6.44. The van der Waals surface area contributed by atoms with Crippen molar-refractivity contribution >= 4 is 42.5 Å². The minimum Gasteiger partial charge on any atom is -0.355 e. The second-order valence-electron chi connectivity index (χ2n) is 6.04. The van der Waals surface area contributed by atoms with Gasteiger partial charge < -0.3 is 10.6 Å². The van der Waals surface area contributed by atoms with Gasteiger partial charge in [0.25, 0.3) is 11.8 Å². The number of aromatic nitrogens is 3. The Morgan fingerprint density at radius 2 is 2.03 bits per heavy atom. The summed E-state index contributed by atoms with van der Waals surface area (Å²) in [6, 6.07) is 9.60. The quantitative estimate of drug-likeness (QED) is 0.640. The van der Waals surface area contributed by atoms with E-state index in [0.717, 1.165) is 0 Å². The maximum atomic E-state index is 13.0. The summed E-state index contributed by atoms with van der Waals surface area (Å²) in [6.07, 6.45) is 1.51. The minimum absolute atomic E-state index is 0.0784. The highest BCUT2D eigenvalue weighted by molar-refractivity contribution is 6.32. The number of carbonyl (C=O) groups is 2. The van der Waals surface area contributed by atoms with Crippen LogP contribution in [0.3, 0.4) is 0 Å². The molecule has 10 heteroatoms. The van der Waals surface area contributed by atoms with Gasteiger partial charge in [-0.1, -0.05) is 11.6 Å². The van der Waals surface area contributed by atoms with E-state index in [-0.39, 0.29) is 33.4 Å². The largest absolute Gasteiger partial charge is 0.355 e.